The Bertz CT molecular complexity index is 1010. The molecular formula is C21H17N3O3. The van der Waals surface area contributed by atoms with E-state index in [0.717, 1.165) is 12.0 Å². The molecule has 1 aromatic heterocycles. The maximum absolute atomic E-state index is 12.4. The first kappa shape index (κ1) is 18.0. The summed E-state index contributed by atoms with van der Waals surface area (Å²) in [6.45, 7) is 1.58. The van der Waals surface area contributed by atoms with Crippen molar-refractivity contribution in [3.05, 3.63) is 88.8 Å². The van der Waals surface area contributed by atoms with Crippen molar-refractivity contribution < 1.29 is 14.4 Å². The van der Waals surface area contributed by atoms with E-state index in [-0.39, 0.29) is 5.56 Å². The fraction of sp³-hybridized carbons (Fsp3) is 0.0952. The standard InChI is InChI=1S/C21H17N3O3/c1-14-19(13-23-27-14)20(25)18(12-22)21(26)24-17-9-7-16(8-10-17)11-15-5-3-2-4-6-15/h2-10,13,25H,11H2,1H3,(H,24,26)/b20-18-. The lowest BCUT2D eigenvalue weighted by atomic mass is 10.0. The molecule has 0 aliphatic carbocycles. The van der Waals surface area contributed by atoms with E-state index >= 15 is 0 Å². The molecule has 6 heteroatoms. The largest absolute Gasteiger partial charge is 0.506 e. The second-order valence-corrected chi connectivity index (χ2v) is 5.94. The first-order chi connectivity index (χ1) is 13.1. The number of nitrogens with zero attached hydrogens (tertiary/aromatic N) is 2. The minimum absolute atomic E-state index is 0.208. The zero-order valence-electron chi connectivity index (χ0n) is 14.6. The summed E-state index contributed by atoms with van der Waals surface area (Å²) >= 11 is 0. The average molecular weight is 359 g/mol. The van der Waals surface area contributed by atoms with Gasteiger partial charge in [0, 0.05) is 5.69 Å². The Kier molecular flexibility index (Phi) is 5.33. The van der Waals surface area contributed by atoms with Crippen molar-refractivity contribution in [2.45, 2.75) is 13.3 Å². The van der Waals surface area contributed by atoms with Crippen molar-refractivity contribution in [1.82, 2.24) is 5.16 Å². The third kappa shape index (κ3) is 4.22. The van der Waals surface area contributed by atoms with Gasteiger partial charge in [-0.3, -0.25) is 4.79 Å². The third-order valence-electron chi connectivity index (χ3n) is 4.04. The molecule has 1 heterocycles. The van der Waals surface area contributed by atoms with Crippen molar-refractivity contribution in [1.29, 1.82) is 5.26 Å². The van der Waals surface area contributed by atoms with Crippen molar-refractivity contribution in [3.8, 4) is 6.07 Å². The van der Waals surface area contributed by atoms with E-state index in [2.05, 4.69) is 22.6 Å². The number of benzene rings is 2. The van der Waals surface area contributed by atoms with Gasteiger partial charge in [0.2, 0.25) is 0 Å². The van der Waals surface area contributed by atoms with Crippen LogP contribution in [0.4, 0.5) is 5.69 Å². The summed E-state index contributed by atoms with van der Waals surface area (Å²) in [6.07, 6.45) is 2.04. The van der Waals surface area contributed by atoms with Crippen LogP contribution in [0.15, 0.2) is 70.9 Å². The second kappa shape index (κ2) is 8.02. The maximum Gasteiger partial charge on any atom is 0.270 e. The number of hydrogen-bond acceptors (Lipinski definition) is 5. The van der Waals surface area contributed by atoms with Gasteiger partial charge >= 0.3 is 0 Å². The zero-order valence-corrected chi connectivity index (χ0v) is 14.6. The van der Waals surface area contributed by atoms with E-state index in [1.165, 1.54) is 11.8 Å². The fourth-order valence-corrected chi connectivity index (χ4v) is 2.60. The highest BCUT2D eigenvalue weighted by atomic mass is 16.5. The van der Waals surface area contributed by atoms with E-state index in [0.29, 0.717) is 11.4 Å². The van der Waals surface area contributed by atoms with E-state index < -0.39 is 17.2 Å². The molecule has 134 valence electrons. The number of carbonyl (C=O) groups excluding carboxylic acids is 1. The molecular weight excluding hydrogens is 342 g/mol. The van der Waals surface area contributed by atoms with Gasteiger partial charge in [0.25, 0.3) is 5.91 Å². The minimum Gasteiger partial charge on any atom is -0.506 e. The van der Waals surface area contributed by atoms with Crippen LogP contribution in [-0.4, -0.2) is 16.2 Å². The molecule has 2 aromatic carbocycles. The highest BCUT2D eigenvalue weighted by Crippen LogP contribution is 2.21. The van der Waals surface area contributed by atoms with Crippen molar-refractivity contribution in [2.24, 2.45) is 0 Å². The van der Waals surface area contributed by atoms with Gasteiger partial charge in [-0.05, 0) is 36.6 Å². The molecule has 0 saturated heterocycles. The predicted molar refractivity (Wildman–Crippen MR) is 101 cm³/mol. The van der Waals surface area contributed by atoms with Gasteiger partial charge in [0.1, 0.15) is 11.8 Å². The molecule has 3 rings (SSSR count). The number of aliphatic hydroxyl groups excluding tert-OH is 1. The lowest BCUT2D eigenvalue weighted by Crippen LogP contribution is -2.15. The SMILES string of the molecule is Cc1oncc1/C(O)=C(\C#N)C(=O)Nc1ccc(Cc2ccccc2)cc1. The fourth-order valence-electron chi connectivity index (χ4n) is 2.60. The number of aryl methyl sites for hydroxylation is 1. The predicted octanol–water partition coefficient (Wildman–Crippen LogP) is 4.01. The van der Waals surface area contributed by atoms with Gasteiger partial charge in [-0.1, -0.05) is 47.6 Å². The van der Waals surface area contributed by atoms with Crippen LogP contribution in [0.1, 0.15) is 22.5 Å². The lowest BCUT2D eigenvalue weighted by molar-refractivity contribution is -0.112. The normalized spacial score (nSPS) is 11.4. The molecule has 0 aliphatic rings. The highest BCUT2D eigenvalue weighted by molar-refractivity contribution is 6.11. The smallest absolute Gasteiger partial charge is 0.270 e. The van der Waals surface area contributed by atoms with E-state index in [9.17, 15) is 15.2 Å². The molecule has 3 aromatic rings. The number of hydrogen-bond donors (Lipinski definition) is 2. The molecule has 0 spiro atoms. The number of nitrogens with one attached hydrogen (secondary N) is 1. The van der Waals surface area contributed by atoms with E-state index in [1.807, 2.05) is 30.3 Å². The van der Waals surface area contributed by atoms with E-state index in [4.69, 9.17) is 4.52 Å². The maximum atomic E-state index is 12.4. The molecule has 0 radical (unpaired) electrons. The molecule has 27 heavy (non-hydrogen) atoms. The van der Waals surface area contributed by atoms with Crippen LogP contribution in [-0.2, 0) is 11.2 Å². The second-order valence-electron chi connectivity index (χ2n) is 5.94. The van der Waals surface area contributed by atoms with Crippen LogP contribution in [0.5, 0.6) is 0 Å². The molecule has 0 bridgehead atoms. The average Bonchev–Trinajstić information content (AvgIpc) is 3.10. The molecule has 2 N–H and O–H groups in total. The molecule has 0 fully saturated rings. The summed E-state index contributed by atoms with van der Waals surface area (Å²) < 4.78 is 4.86. The van der Waals surface area contributed by atoms with Crippen molar-refractivity contribution in [2.75, 3.05) is 5.32 Å². The topological polar surface area (TPSA) is 99.2 Å². The highest BCUT2D eigenvalue weighted by Gasteiger charge is 2.19. The van der Waals surface area contributed by atoms with Crippen LogP contribution >= 0.6 is 0 Å². The Morgan fingerprint density at radius 1 is 1.15 bits per heavy atom. The number of anilines is 1. The molecule has 0 saturated carbocycles. The number of nitriles is 1. The quantitative estimate of drug-likeness (QED) is 0.407. The van der Waals surface area contributed by atoms with Gasteiger partial charge in [-0.25, -0.2) is 0 Å². The van der Waals surface area contributed by atoms with Crippen LogP contribution in [0.2, 0.25) is 0 Å². The van der Waals surface area contributed by atoms with Gasteiger partial charge in [-0.2, -0.15) is 5.26 Å². The zero-order chi connectivity index (χ0) is 19.2. The molecule has 0 unspecified atom stereocenters. The van der Waals surface area contributed by atoms with Crippen LogP contribution in [0.25, 0.3) is 5.76 Å². The Morgan fingerprint density at radius 2 is 1.81 bits per heavy atom. The van der Waals surface area contributed by atoms with Crippen LogP contribution < -0.4 is 5.32 Å². The number of carbonyl (C=O) groups is 1. The van der Waals surface area contributed by atoms with Crippen LogP contribution in [0.3, 0.4) is 0 Å². The Morgan fingerprint density at radius 3 is 2.41 bits per heavy atom. The molecule has 6 nitrogen and oxygen atoms in total. The molecule has 0 aliphatic heterocycles. The summed E-state index contributed by atoms with van der Waals surface area (Å²) in [6, 6.07) is 19.1. The summed E-state index contributed by atoms with van der Waals surface area (Å²) in [4.78, 5) is 12.4. The van der Waals surface area contributed by atoms with Gasteiger partial charge < -0.3 is 14.9 Å². The van der Waals surface area contributed by atoms with Crippen molar-refractivity contribution >= 4 is 17.4 Å². The summed E-state index contributed by atoms with van der Waals surface area (Å²) in [5.74, 6) is -0.848. The van der Waals surface area contributed by atoms with E-state index in [1.54, 1.807) is 25.1 Å². The Balaban J connectivity index is 1.73. The minimum atomic E-state index is -0.702. The Hall–Kier alpha value is -3.85. The number of amides is 1. The summed E-state index contributed by atoms with van der Waals surface area (Å²) in [5, 5.41) is 25.6. The Labute approximate surface area is 156 Å². The first-order valence-corrected chi connectivity index (χ1v) is 8.27. The molecule has 0 atom stereocenters. The number of aliphatic hydroxyl groups is 1. The number of rotatable bonds is 5. The van der Waals surface area contributed by atoms with Gasteiger partial charge in [-0.15, -0.1) is 0 Å². The summed E-state index contributed by atoms with van der Waals surface area (Å²) in [7, 11) is 0. The summed E-state index contributed by atoms with van der Waals surface area (Å²) in [5.41, 5.74) is 2.62. The van der Waals surface area contributed by atoms with Gasteiger partial charge in [0.05, 0.1) is 11.8 Å². The third-order valence-corrected chi connectivity index (χ3v) is 4.04. The van der Waals surface area contributed by atoms with Crippen LogP contribution in [0, 0.1) is 18.3 Å². The van der Waals surface area contributed by atoms with Crippen molar-refractivity contribution in [3.63, 3.8) is 0 Å². The molecule has 1 amide bonds. The number of aromatic nitrogens is 1. The van der Waals surface area contributed by atoms with Gasteiger partial charge in [0.15, 0.2) is 11.3 Å². The first-order valence-electron chi connectivity index (χ1n) is 8.27. The lowest BCUT2D eigenvalue weighted by Gasteiger charge is -2.07. The monoisotopic (exact) mass is 359 g/mol.